The highest BCUT2D eigenvalue weighted by Crippen LogP contribution is 2.54. The third kappa shape index (κ3) is 3.84. The summed E-state index contributed by atoms with van der Waals surface area (Å²) in [5, 5.41) is 5.52. The first-order chi connectivity index (χ1) is 16.8. The van der Waals surface area contributed by atoms with E-state index in [1.54, 1.807) is 24.4 Å². The van der Waals surface area contributed by atoms with Gasteiger partial charge in [0.1, 0.15) is 29.2 Å². The molecule has 0 unspecified atom stereocenters. The maximum atomic E-state index is 13.0. The topological polar surface area (TPSA) is 89.5 Å². The monoisotopic (exact) mass is 481 g/mol. The summed E-state index contributed by atoms with van der Waals surface area (Å²) in [6, 6.07) is 11.1. The lowest BCUT2D eigenvalue weighted by Gasteiger charge is -2.19. The van der Waals surface area contributed by atoms with Gasteiger partial charge in [0.05, 0.1) is 17.5 Å². The molecule has 1 fully saturated rings. The standard InChI is InChI=1S/C25H18F3N3O4/c26-25(27,28)13-3-1-2-12(10-13)24(33)31-21-20-16-11-14(4-6-17(16)35-22(20)21)34-18-8-9-29-23-15(18)5-7-19(32)30-23/h1-4,6,8-11,20-22H,5,7H2,(H,31,33)(H,29,30,32)/t20-,21+,22-/m0/s1. The SMILES string of the molecule is O=C1CCc2c(Oc3ccc4c(c3)[C@H]3[C@@H](NC(=O)c5cccc(C(F)(F)F)c5)[C@H]3O4)ccnc2N1. The van der Waals surface area contributed by atoms with E-state index in [9.17, 15) is 22.8 Å². The molecular formula is C25H18F3N3O4. The highest BCUT2D eigenvalue weighted by molar-refractivity contribution is 5.95. The van der Waals surface area contributed by atoms with Crippen LogP contribution in [0.15, 0.2) is 54.7 Å². The van der Waals surface area contributed by atoms with Gasteiger partial charge in [-0.15, -0.1) is 0 Å². The number of alkyl halides is 3. The van der Waals surface area contributed by atoms with E-state index in [2.05, 4.69) is 15.6 Å². The number of nitrogens with zero attached hydrogens (tertiary/aromatic N) is 1. The molecule has 0 spiro atoms. The van der Waals surface area contributed by atoms with Gasteiger partial charge in [0.15, 0.2) is 0 Å². The summed E-state index contributed by atoms with van der Waals surface area (Å²) in [6.45, 7) is 0. The van der Waals surface area contributed by atoms with Crippen LogP contribution in [-0.4, -0.2) is 28.9 Å². The third-order valence-electron chi connectivity index (χ3n) is 6.41. The van der Waals surface area contributed by atoms with E-state index in [4.69, 9.17) is 9.47 Å². The first kappa shape index (κ1) is 21.5. The van der Waals surface area contributed by atoms with E-state index in [-0.39, 0.29) is 29.5 Å². The molecule has 35 heavy (non-hydrogen) atoms. The van der Waals surface area contributed by atoms with Crippen LogP contribution in [0.1, 0.15) is 39.4 Å². The molecule has 3 aliphatic rings. The van der Waals surface area contributed by atoms with Crippen molar-refractivity contribution in [2.24, 2.45) is 0 Å². The van der Waals surface area contributed by atoms with Gasteiger partial charge in [-0.25, -0.2) is 4.98 Å². The highest BCUT2D eigenvalue weighted by Gasteiger charge is 2.59. The van der Waals surface area contributed by atoms with Crippen LogP contribution in [-0.2, 0) is 17.4 Å². The number of halogens is 3. The minimum atomic E-state index is -4.52. The minimum Gasteiger partial charge on any atom is -0.487 e. The van der Waals surface area contributed by atoms with Gasteiger partial charge in [0, 0.05) is 29.3 Å². The van der Waals surface area contributed by atoms with E-state index < -0.39 is 17.6 Å². The summed E-state index contributed by atoms with van der Waals surface area (Å²) in [7, 11) is 0. The number of hydrogen-bond acceptors (Lipinski definition) is 5. The average Bonchev–Trinajstić information content (AvgIpc) is 3.35. The Kier molecular flexibility index (Phi) is 4.73. The molecule has 1 aliphatic carbocycles. The van der Waals surface area contributed by atoms with Crippen molar-refractivity contribution in [2.75, 3.05) is 5.32 Å². The average molecular weight is 481 g/mol. The summed E-state index contributed by atoms with van der Waals surface area (Å²) >= 11 is 0. The molecule has 2 aliphatic heterocycles. The molecule has 7 nitrogen and oxygen atoms in total. The number of aromatic nitrogens is 1. The molecular weight excluding hydrogens is 463 g/mol. The van der Waals surface area contributed by atoms with Crippen LogP contribution >= 0.6 is 0 Å². The van der Waals surface area contributed by atoms with Crippen LogP contribution in [0.25, 0.3) is 0 Å². The molecule has 2 amide bonds. The Morgan fingerprint density at radius 1 is 1.14 bits per heavy atom. The number of rotatable bonds is 4. The summed E-state index contributed by atoms with van der Waals surface area (Å²) in [6.07, 6.45) is -2.37. The smallest absolute Gasteiger partial charge is 0.416 e. The summed E-state index contributed by atoms with van der Waals surface area (Å²) in [4.78, 5) is 28.4. The fraction of sp³-hybridized carbons (Fsp3) is 0.240. The lowest BCUT2D eigenvalue weighted by atomic mass is 10.1. The first-order valence-corrected chi connectivity index (χ1v) is 11.0. The first-order valence-electron chi connectivity index (χ1n) is 11.0. The zero-order valence-electron chi connectivity index (χ0n) is 18.1. The number of carbonyl (C=O) groups excluding carboxylic acids is 2. The number of amides is 2. The molecule has 178 valence electrons. The van der Waals surface area contributed by atoms with E-state index >= 15 is 0 Å². The molecule has 0 saturated heterocycles. The summed E-state index contributed by atoms with van der Waals surface area (Å²) in [5.74, 6) is 1.54. The number of carbonyl (C=O) groups is 2. The van der Waals surface area contributed by atoms with Crippen molar-refractivity contribution in [1.82, 2.24) is 10.3 Å². The zero-order valence-corrected chi connectivity index (χ0v) is 18.1. The molecule has 1 saturated carbocycles. The van der Waals surface area contributed by atoms with Crippen molar-refractivity contribution >= 4 is 17.6 Å². The van der Waals surface area contributed by atoms with Crippen molar-refractivity contribution in [1.29, 1.82) is 0 Å². The highest BCUT2D eigenvalue weighted by atomic mass is 19.4. The lowest BCUT2D eigenvalue weighted by Crippen LogP contribution is -2.30. The minimum absolute atomic E-state index is 0.0587. The Morgan fingerprint density at radius 2 is 2.00 bits per heavy atom. The Hall–Kier alpha value is -4.08. The number of ether oxygens (including phenoxy) is 2. The quantitative estimate of drug-likeness (QED) is 0.576. The van der Waals surface area contributed by atoms with Crippen molar-refractivity contribution in [3.63, 3.8) is 0 Å². The number of pyridine rings is 1. The second-order valence-corrected chi connectivity index (χ2v) is 8.67. The number of fused-ring (bicyclic) bond motifs is 4. The molecule has 2 aromatic carbocycles. The Labute approximate surface area is 197 Å². The van der Waals surface area contributed by atoms with Gasteiger partial charge in [0.25, 0.3) is 5.91 Å². The summed E-state index contributed by atoms with van der Waals surface area (Å²) in [5.41, 5.74) is 0.747. The van der Waals surface area contributed by atoms with E-state index in [1.807, 2.05) is 6.07 Å². The molecule has 3 atom stereocenters. The normalized spacial score (nSPS) is 21.7. The molecule has 0 bridgehead atoms. The second-order valence-electron chi connectivity index (χ2n) is 8.67. The van der Waals surface area contributed by atoms with Crippen molar-refractivity contribution < 1.29 is 32.2 Å². The maximum Gasteiger partial charge on any atom is 0.416 e. The van der Waals surface area contributed by atoms with Crippen LogP contribution in [0.4, 0.5) is 19.0 Å². The fourth-order valence-corrected chi connectivity index (χ4v) is 4.63. The van der Waals surface area contributed by atoms with Crippen molar-refractivity contribution in [2.45, 2.75) is 37.1 Å². The van der Waals surface area contributed by atoms with Gasteiger partial charge in [-0.05, 0) is 48.9 Å². The maximum absolute atomic E-state index is 13.0. The third-order valence-corrected chi connectivity index (χ3v) is 6.41. The zero-order chi connectivity index (χ0) is 24.3. The molecule has 0 radical (unpaired) electrons. The Bertz CT molecular complexity index is 1370. The number of benzene rings is 2. The fourth-order valence-electron chi connectivity index (χ4n) is 4.63. The van der Waals surface area contributed by atoms with Gasteiger partial charge in [-0.2, -0.15) is 13.2 Å². The predicted octanol–water partition coefficient (Wildman–Crippen LogP) is 4.43. The van der Waals surface area contributed by atoms with E-state index in [0.29, 0.717) is 35.9 Å². The molecule has 3 heterocycles. The van der Waals surface area contributed by atoms with Crippen molar-refractivity contribution in [3.8, 4) is 17.2 Å². The molecule has 1 aromatic heterocycles. The molecule has 3 aromatic rings. The molecule has 6 rings (SSSR count). The predicted molar refractivity (Wildman–Crippen MR) is 118 cm³/mol. The van der Waals surface area contributed by atoms with Crippen molar-refractivity contribution in [3.05, 3.63) is 77.0 Å². The van der Waals surface area contributed by atoms with E-state index in [0.717, 1.165) is 23.3 Å². The summed E-state index contributed by atoms with van der Waals surface area (Å²) < 4.78 is 50.9. The van der Waals surface area contributed by atoms with Crippen LogP contribution < -0.4 is 20.1 Å². The number of anilines is 1. The van der Waals surface area contributed by atoms with E-state index in [1.165, 1.54) is 12.1 Å². The molecule has 10 heteroatoms. The van der Waals surface area contributed by atoms with Crippen LogP contribution in [0.5, 0.6) is 17.2 Å². The molecule has 2 N–H and O–H groups in total. The van der Waals surface area contributed by atoms with Crippen LogP contribution in [0, 0.1) is 0 Å². The Morgan fingerprint density at radius 3 is 2.83 bits per heavy atom. The second kappa shape index (κ2) is 7.72. The van der Waals surface area contributed by atoms with Gasteiger partial charge in [0.2, 0.25) is 5.91 Å². The van der Waals surface area contributed by atoms with Gasteiger partial charge < -0.3 is 20.1 Å². The number of nitrogens with one attached hydrogen (secondary N) is 2. The van der Waals surface area contributed by atoms with Gasteiger partial charge in [-0.3, -0.25) is 9.59 Å². The lowest BCUT2D eigenvalue weighted by molar-refractivity contribution is -0.137. The van der Waals surface area contributed by atoms with Crippen LogP contribution in [0.2, 0.25) is 0 Å². The largest absolute Gasteiger partial charge is 0.487 e. The van der Waals surface area contributed by atoms with Gasteiger partial charge >= 0.3 is 6.18 Å². The van der Waals surface area contributed by atoms with Crippen LogP contribution in [0.3, 0.4) is 0 Å². The number of hydrogen-bond donors (Lipinski definition) is 2. The Balaban J connectivity index is 1.18. The van der Waals surface area contributed by atoms with Gasteiger partial charge in [-0.1, -0.05) is 6.07 Å².